The Morgan fingerprint density at radius 3 is 3.30 bits per heavy atom. The van der Waals surface area contributed by atoms with Gasteiger partial charge < -0.3 is 5.73 Å². The fraction of sp³-hybridized carbons (Fsp3) is 0.750. The van der Waals surface area contributed by atoms with Gasteiger partial charge in [-0.3, -0.25) is 0 Å². The molecule has 0 aromatic heterocycles. The molecule has 2 heteroatoms. The molecular formula is C8H13N2. The van der Waals surface area contributed by atoms with Crippen LogP contribution in [0.15, 0.2) is 11.6 Å². The summed E-state index contributed by atoms with van der Waals surface area (Å²) in [4.78, 5) is 0. The number of rotatable bonds is 0. The Bertz CT molecular complexity index is 163. The smallest absolute Gasteiger partial charge is 0.0347 e. The molecule has 0 unspecified atom stereocenters. The third-order valence-electron chi connectivity index (χ3n) is 2.52. The van der Waals surface area contributed by atoms with Crippen LogP contribution < -0.4 is 11.1 Å². The largest absolute Gasteiger partial charge is 0.327 e. The van der Waals surface area contributed by atoms with Gasteiger partial charge in [-0.05, 0) is 12.8 Å². The summed E-state index contributed by atoms with van der Waals surface area (Å²) in [5.41, 5.74) is 7.42. The van der Waals surface area contributed by atoms with Crippen molar-refractivity contribution in [2.24, 2.45) is 11.7 Å². The van der Waals surface area contributed by atoms with Crippen LogP contribution >= 0.6 is 0 Å². The van der Waals surface area contributed by atoms with E-state index in [4.69, 9.17) is 5.73 Å². The van der Waals surface area contributed by atoms with Crippen LogP contribution in [-0.2, 0) is 0 Å². The Kier molecular flexibility index (Phi) is 1.51. The second-order valence-electron chi connectivity index (χ2n) is 3.19. The molecular weight excluding hydrogens is 124 g/mol. The van der Waals surface area contributed by atoms with E-state index in [0.29, 0.717) is 12.0 Å². The van der Waals surface area contributed by atoms with E-state index in [1.54, 1.807) is 0 Å². The normalized spacial score (nSPS) is 39.1. The maximum absolute atomic E-state index is 5.92. The molecule has 1 aliphatic carbocycles. The third-order valence-corrected chi connectivity index (χ3v) is 2.52. The zero-order chi connectivity index (χ0) is 6.97. The van der Waals surface area contributed by atoms with Gasteiger partial charge in [-0.1, -0.05) is 11.6 Å². The summed E-state index contributed by atoms with van der Waals surface area (Å²) in [7, 11) is 0. The lowest BCUT2D eigenvalue weighted by Crippen LogP contribution is -2.33. The quantitative estimate of drug-likeness (QED) is 0.478. The van der Waals surface area contributed by atoms with E-state index < -0.39 is 0 Å². The number of hydrogen-bond donors (Lipinski definition) is 1. The Morgan fingerprint density at radius 1 is 1.60 bits per heavy atom. The molecule has 0 spiro atoms. The standard InChI is InChI=1S/C8H13N2/c9-8-3-1-2-6-4-10-5-7(6)8/h2,7-8H,1,3-5,9H2/t7-,8+/m1/s1. The second kappa shape index (κ2) is 2.36. The molecule has 10 heavy (non-hydrogen) atoms. The Hall–Kier alpha value is -0.340. The fourth-order valence-corrected chi connectivity index (χ4v) is 1.86. The molecule has 55 valence electrons. The fourth-order valence-electron chi connectivity index (χ4n) is 1.86. The molecule has 0 amide bonds. The van der Waals surface area contributed by atoms with Gasteiger partial charge in [0.05, 0.1) is 0 Å². The molecule has 2 N–H and O–H groups in total. The molecule has 2 rings (SSSR count). The van der Waals surface area contributed by atoms with Gasteiger partial charge in [0.25, 0.3) is 0 Å². The van der Waals surface area contributed by atoms with Crippen molar-refractivity contribution in [1.82, 2.24) is 5.32 Å². The number of nitrogens with two attached hydrogens (primary N) is 1. The van der Waals surface area contributed by atoms with Gasteiger partial charge in [-0.2, -0.15) is 0 Å². The first-order valence-electron chi connectivity index (χ1n) is 3.95. The number of fused-ring (bicyclic) bond motifs is 1. The van der Waals surface area contributed by atoms with Gasteiger partial charge in [0.15, 0.2) is 0 Å². The summed E-state index contributed by atoms with van der Waals surface area (Å²) in [5, 5.41) is 4.33. The van der Waals surface area contributed by atoms with Crippen molar-refractivity contribution in [3.05, 3.63) is 11.6 Å². The highest BCUT2D eigenvalue weighted by atomic mass is 14.9. The van der Waals surface area contributed by atoms with E-state index in [0.717, 1.165) is 19.5 Å². The van der Waals surface area contributed by atoms with Crippen molar-refractivity contribution in [3.8, 4) is 0 Å². The van der Waals surface area contributed by atoms with Crippen LogP contribution in [0.2, 0.25) is 0 Å². The molecule has 2 aliphatic rings. The monoisotopic (exact) mass is 137 g/mol. The Balaban J connectivity index is 2.18. The zero-order valence-corrected chi connectivity index (χ0v) is 6.09. The van der Waals surface area contributed by atoms with Crippen molar-refractivity contribution >= 4 is 0 Å². The minimum Gasteiger partial charge on any atom is -0.327 e. The summed E-state index contributed by atoms with van der Waals surface area (Å²) in [6.07, 6.45) is 4.65. The summed E-state index contributed by atoms with van der Waals surface area (Å²) in [6.45, 7) is 1.94. The molecule has 0 saturated carbocycles. The van der Waals surface area contributed by atoms with Crippen molar-refractivity contribution in [2.45, 2.75) is 18.9 Å². The summed E-state index contributed by atoms with van der Waals surface area (Å²) < 4.78 is 0. The van der Waals surface area contributed by atoms with Crippen LogP contribution in [0.3, 0.4) is 0 Å². The third kappa shape index (κ3) is 0.879. The second-order valence-corrected chi connectivity index (χ2v) is 3.19. The van der Waals surface area contributed by atoms with Crippen LogP contribution in [0.5, 0.6) is 0 Å². The zero-order valence-electron chi connectivity index (χ0n) is 6.09. The maximum atomic E-state index is 5.92. The van der Waals surface area contributed by atoms with E-state index in [1.807, 2.05) is 0 Å². The Morgan fingerprint density at radius 2 is 2.50 bits per heavy atom. The summed E-state index contributed by atoms with van der Waals surface area (Å²) in [5.74, 6) is 0.605. The SMILES string of the molecule is N[C@H]1CCC=C2C[N]C[C@H]21. The number of allylic oxidation sites excluding steroid dienone is 1. The van der Waals surface area contributed by atoms with Gasteiger partial charge in [0.2, 0.25) is 0 Å². The van der Waals surface area contributed by atoms with Crippen LogP contribution in [0, 0.1) is 5.92 Å². The number of nitrogens with zero attached hydrogens (tertiary/aromatic N) is 1. The average Bonchev–Trinajstić information content (AvgIpc) is 2.36. The minimum absolute atomic E-state index is 0.395. The first-order valence-corrected chi connectivity index (χ1v) is 3.95. The number of hydrogen-bond acceptors (Lipinski definition) is 1. The molecule has 2 atom stereocenters. The van der Waals surface area contributed by atoms with Crippen LogP contribution in [-0.4, -0.2) is 19.1 Å². The van der Waals surface area contributed by atoms with Crippen molar-refractivity contribution < 1.29 is 0 Å². The van der Waals surface area contributed by atoms with Gasteiger partial charge in [0, 0.05) is 25.0 Å². The molecule has 1 aliphatic heterocycles. The lowest BCUT2D eigenvalue weighted by Gasteiger charge is -2.23. The maximum Gasteiger partial charge on any atom is 0.0347 e. The predicted octanol–water partition coefficient (Wildman–Crippen LogP) is 0.268. The van der Waals surface area contributed by atoms with Crippen molar-refractivity contribution in [3.63, 3.8) is 0 Å². The highest BCUT2D eigenvalue weighted by molar-refractivity contribution is 5.19. The topological polar surface area (TPSA) is 40.1 Å². The first-order chi connectivity index (χ1) is 4.88. The summed E-state index contributed by atoms with van der Waals surface area (Å²) >= 11 is 0. The predicted molar refractivity (Wildman–Crippen MR) is 40.7 cm³/mol. The molecule has 0 bridgehead atoms. The van der Waals surface area contributed by atoms with E-state index in [-0.39, 0.29) is 0 Å². The molecule has 1 heterocycles. The van der Waals surface area contributed by atoms with Crippen LogP contribution in [0.1, 0.15) is 12.8 Å². The van der Waals surface area contributed by atoms with E-state index in [9.17, 15) is 0 Å². The van der Waals surface area contributed by atoms with E-state index >= 15 is 0 Å². The van der Waals surface area contributed by atoms with Gasteiger partial charge >= 0.3 is 0 Å². The van der Waals surface area contributed by atoms with Crippen molar-refractivity contribution in [1.29, 1.82) is 0 Å². The minimum atomic E-state index is 0.395. The van der Waals surface area contributed by atoms with Crippen molar-refractivity contribution in [2.75, 3.05) is 13.1 Å². The van der Waals surface area contributed by atoms with Crippen LogP contribution in [0.25, 0.3) is 0 Å². The molecule has 1 fully saturated rings. The lowest BCUT2D eigenvalue weighted by atomic mass is 9.86. The van der Waals surface area contributed by atoms with Crippen LogP contribution in [0.4, 0.5) is 0 Å². The molecule has 0 aromatic rings. The molecule has 1 radical (unpaired) electrons. The highest BCUT2D eigenvalue weighted by Gasteiger charge is 2.29. The van der Waals surface area contributed by atoms with E-state index in [2.05, 4.69) is 11.4 Å². The van der Waals surface area contributed by atoms with Gasteiger partial charge in [-0.25, -0.2) is 5.32 Å². The van der Waals surface area contributed by atoms with Gasteiger partial charge in [-0.15, -0.1) is 0 Å². The first kappa shape index (κ1) is 6.38. The average molecular weight is 137 g/mol. The molecule has 0 aromatic carbocycles. The summed E-state index contributed by atoms with van der Waals surface area (Å²) in [6, 6.07) is 0.395. The molecule has 1 saturated heterocycles. The van der Waals surface area contributed by atoms with Gasteiger partial charge in [0.1, 0.15) is 0 Å². The Labute approximate surface area is 61.5 Å². The molecule has 2 nitrogen and oxygen atoms in total. The lowest BCUT2D eigenvalue weighted by molar-refractivity contribution is 0.460. The van der Waals surface area contributed by atoms with E-state index in [1.165, 1.54) is 12.0 Å². The highest BCUT2D eigenvalue weighted by Crippen LogP contribution is 2.26.